The Morgan fingerprint density at radius 3 is 2.21 bits per heavy atom. The highest BCUT2D eigenvalue weighted by atomic mass is 16.4. The van der Waals surface area contributed by atoms with Gasteiger partial charge >= 0.3 is 5.97 Å². The van der Waals surface area contributed by atoms with E-state index in [0.717, 1.165) is 5.56 Å². The molecule has 0 aliphatic carbocycles. The lowest BCUT2D eigenvalue weighted by Crippen LogP contribution is -2.54. The summed E-state index contributed by atoms with van der Waals surface area (Å²) < 4.78 is 0. The van der Waals surface area contributed by atoms with Crippen LogP contribution >= 0.6 is 0 Å². The summed E-state index contributed by atoms with van der Waals surface area (Å²) in [6.45, 7) is 0.732. The van der Waals surface area contributed by atoms with Gasteiger partial charge in [-0.2, -0.15) is 0 Å². The highest BCUT2D eigenvalue weighted by Gasteiger charge is 2.26. The molecule has 0 radical (unpaired) electrons. The van der Waals surface area contributed by atoms with Gasteiger partial charge in [0.1, 0.15) is 12.1 Å². The van der Waals surface area contributed by atoms with Gasteiger partial charge in [-0.3, -0.25) is 24.0 Å². The number of carboxylic acid groups (broad SMARTS) is 1. The maximum Gasteiger partial charge on any atom is 0.325 e. The van der Waals surface area contributed by atoms with Crippen molar-refractivity contribution < 1.29 is 29.1 Å². The fourth-order valence-corrected chi connectivity index (χ4v) is 2.29. The summed E-state index contributed by atoms with van der Waals surface area (Å²) in [5, 5.41) is 15.5. The van der Waals surface area contributed by atoms with Crippen LogP contribution in [0.25, 0.3) is 0 Å². The fraction of sp³-hybridized carbons (Fsp3) is 0.389. The van der Waals surface area contributed by atoms with Crippen LogP contribution in [0.4, 0.5) is 0 Å². The number of nitrogens with two attached hydrogens (primary N) is 2. The van der Waals surface area contributed by atoms with Crippen LogP contribution in [-0.4, -0.2) is 59.4 Å². The Morgan fingerprint density at radius 1 is 1.03 bits per heavy atom. The van der Waals surface area contributed by atoms with Crippen LogP contribution in [-0.2, 0) is 30.4 Å². The quantitative estimate of drug-likeness (QED) is 0.236. The summed E-state index contributed by atoms with van der Waals surface area (Å²) in [4.78, 5) is 58.1. The number of amides is 4. The predicted octanol–water partition coefficient (Wildman–Crippen LogP) is -2.38. The van der Waals surface area contributed by atoms with Crippen molar-refractivity contribution in [2.45, 2.75) is 37.9 Å². The number of primary amides is 1. The van der Waals surface area contributed by atoms with Crippen LogP contribution < -0.4 is 27.4 Å². The molecule has 0 bridgehead atoms. The number of carbonyl (C=O) groups is 5. The number of nitrogens with one attached hydrogen (secondary N) is 3. The molecule has 1 rings (SSSR count). The molecule has 0 heterocycles. The van der Waals surface area contributed by atoms with E-state index in [-0.39, 0.29) is 6.42 Å². The summed E-state index contributed by atoms with van der Waals surface area (Å²) in [6, 6.07) is 5.57. The van der Waals surface area contributed by atoms with Crippen LogP contribution in [0.2, 0.25) is 0 Å². The first-order valence-electron chi connectivity index (χ1n) is 8.78. The monoisotopic (exact) mass is 407 g/mol. The Labute approximate surface area is 167 Å². The minimum Gasteiger partial charge on any atom is -0.480 e. The molecule has 11 heteroatoms. The molecule has 158 valence electrons. The third kappa shape index (κ3) is 8.84. The Hall–Kier alpha value is -3.47. The maximum atomic E-state index is 12.1. The van der Waals surface area contributed by atoms with E-state index < -0.39 is 60.7 Å². The number of carboxylic acids is 1. The largest absolute Gasteiger partial charge is 0.480 e. The number of aliphatic carboxylic acids is 1. The lowest BCUT2D eigenvalue weighted by atomic mass is 10.1. The minimum absolute atomic E-state index is 0.272. The molecule has 0 fully saturated rings. The molecule has 0 saturated heterocycles. The van der Waals surface area contributed by atoms with Gasteiger partial charge in [0, 0.05) is 0 Å². The summed E-state index contributed by atoms with van der Waals surface area (Å²) in [5.41, 5.74) is 11.7. The van der Waals surface area contributed by atoms with E-state index in [1.165, 1.54) is 6.92 Å². The van der Waals surface area contributed by atoms with E-state index in [9.17, 15) is 24.0 Å². The summed E-state index contributed by atoms with van der Waals surface area (Å²) in [5.74, 6) is -4.39. The third-order valence-electron chi connectivity index (χ3n) is 3.84. The topological polar surface area (TPSA) is 194 Å². The lowest BCUT2D eigenvalue weighted by Gasteiger charge is -2.19. The molecule has 11 nitrogen and oxygen atoms in total. The highest BCUT2D eigenvalue weighted by molar-refractivity contribution is 5.94. The predicted molar refractivity (Wildman–Crippen MR) is 102 cm³/mol. The molecule has 29 heavy (non-hydrogen) atoms. The molecule has 0 saturated carbocycles. The van der Waals surface area contributed by atoms with Gasteiger partial charge in [0.15, 0.2) is 0 Å². The van der Waals surface area contributed by atoms with Crippen LogP contribution in [0.3, 0.4) is 0 Å². The molecular formula is C18H25N5O6. The third-order valence-corrected chi connectivity index (χ3v) is 3.84. The second-order valence-electron chi connectivity index (χ2n) is 6.37. The van der Waals surface area contributed by atoms with Gasteiger partial charge in [-0.1, -0.05) is 30.3 Å². The summed E-state index contributed by atoms with van der Waals surface area (Å²) >= 11 is 0. The van der Waals surface area contributed by atoms with Gasteiger partial charge in [-0.25, -0.2) is 0 Å². The van der Waals surface area contributed by atoms with Crippen molar-refractivity contribution in [2.24, 2.45) is 11.5 Å². The number of hydrogen-bond acceptors (Lipinski definition) is 6. The highest BCUT2D eigenvalue weighted by Crippen LogP contribution is 2.01. The van der Waals surface area contributed by atoms with Crippen molar-refractivity contribution in [2.75, 3.05) is 6.54 Å². The number of carbonyl (C=O) groups excluding carboxylic acids is 4. The first-order valence-corrected chi connectivity index (χ1v) is 8.78. The smallest absolute Gasteiger partial charge is 0.325 e. The molecule has 1 aromatic carbocycles. The molecule has 0 aliphatic rings. The first kappa shape index (κ1) is 23.6. The zero-order valence-corrected chi connectivity index (χ0v) is 15.9. The van der Waals surface area contributed by atoms with E-state index in [4.69, 9.17) is 16.6 Å². The molecule has 3 unspecified atom stereocenters. The van der Waals surface area contributed by atoms with Gasteiger partial charge in [-0.15, -0.1) is 0 Å². The zero-order chi connectivity index (χ0) is 22.0. The normalized spacial score (nSPS) is 13.4. The van der Waals surface area contributed by atoms with E-state index in [0.29, 0.717) is 0 Å². The average Bonchev–Trinajstić information content (AvgIpc) is 2.65. The average molecular weight is 407 g/mol. The molecular weight excluding hydrogens is 382 g/mol. The second kappa shape index (κ2) is 11.4. The van der Waals surface area contributed by atoms with Crippen molar-refractivity contribution in [3.63, 3.8) is 0 Å². The van der Waals surface area contributed by atoms with Crippen molar-refractivity contribution in [1.29, 1.82) is 0 Å². The fourth-order valence-electron chi connectivity index (χ4n) is 2.29. The number of rotatable bonds is 11. The van der Waals surface area contributed by atoms with Gasteiger partial charge < -0.3 is 32.5 Å². The maximum absolute atomic E-state index is 12.1. The Kier molecular flexibility index (Phi) is 9.26. The van der Waals surface area contributed by atoms with Crippen LogP contribution in [0.15, 0.2) is 30.3 Å². The summed E-state index contributed by atoms with van der Waals surface area (Å²) in [7, 11) is 0. The van der Waals surface area contributed by atoms with Crippen LogP contribution in [0, 0.1) is 0 Å². The second-order valence-corrected chi connectivity index (χ2v) is 6.37. The van der Waals surface area contributed by atoms with Crippen LogP contribution in [0.1, 0.15) is 18.9 Å². The van der Waals surface area contributed by atoms with E-state index in [1.807, 2.05) is 30.3 Å². The molecule has 3 atom stereocenters. The standard InChI is InChI=1S/C18H25N5O6/c1-10(18(28)29)22-17(27)13(8-14(20)24)23-15(25)9-21-16(26)12(19)7-11-5-3-2-4-6-11/h2-6,10,12-13H,7-9,19H2,1H3,(H2,20,24)(H,21,26)(H,22,27)(H,23,25)(H,28,29). The van der Waals surface area contributed by atoms with Crippen molar-refractivity contribution in [3.05, 3.63) is 35.9 Å². The Morgan fingerprint density at radius 2 is 1.66 bits per heavy atom. The van der Waals surface area contributed by atoms with Gasteiger partial charge in [-0.05, 0) is 18.9 Å². The van der Waals surface area contributed by atoms with Crippen molar-refractivity contribution in [1.82, 2.24) is 16.0 Å². The van der Waals surface area contributed by atoms with Crippen molar-refractivity contribution in [3.8, 4) is 0 Å². The molecule has 8 N–H and O–H groups in total. The lowest BCUT2D eigenvalue weighted by molar-refractivity contribution is -0.141. The molecule has 0 aromatic heterocycles. The van der Waals surface area contributed by atoms with Crippen molar-refractivity contribution >= 4 is 29.6 Å². The number of benzene rings is 1. The van der Waals surface area contributed by atoms with Crippen LogP contribution in [0.5, 0.6) is 0 Å². The zero-order valence-electron chi connectivity index (χ0n) is 15.9. The summed E-state index contributed by atoms with van der Waals surface area (Å²) in [6.07, 6.45) is -0.264. The van der Waals surface area contributed by atoms with E-state index in [2.05, 4.69) is 16.0 Å². The van der Waals surface area contributed by atoms with Gasteiger partial charge in [0.05, 0.1) is 19.0 Å². The van der Waals surface area contributed by atoms with E-state index in [1.54, 1.807) is 0 Å². The first-order chi connectivity index (χ1) is 13.6. The SMILES string of the molecule is CC(NC(=O)C(CC(N)=O)NC(=O)CNC(=O)C(N)Cc1ccccc1)C(=O)O. The molecule has 0 spiro atoms. The molecule has 1 aromatic rings. The van der Waals surface area contributed by atoms with E-state index >= 15 is 0 Å². The van der Waals surface area contributed by atoms with Gasteiger partial charge in [0.2, 0.25) is 23.6 Å². The molecule has 4 amide bonds. The molecule has 0 aliphatic heterocycles. The van der Waals surface area contributed by atoms with Gasteiger partial charge in [0.25, 0.3) is 0 Å². The Balaban J connectivity index is 2.56. The Bertz CT molecular complexity index is 754. The minimum atomic E-state index is -1.38. The number of hydrogen-bond donors (Lipinski definition) is 6.